The van der Waals surface area contributed by atoms with Gasteiger partial charge in [-0.25, -0.2) is 4.79 Å². The Morgan fingerprint density at radius 2 is 1.95 bits per heavy atom. The summed E-state index contributed by atoms with van der Waals surface area (Å²) in [5.74, 6) is -1.07. The minimum atomic E-state index is -1.07. The predicted octanol–water partition coefficient (Wildman–Crippen LogP) is 1.24. The molecule has 104 valence electrons. The molecule has 1 rings (SSSR count). The van der Waals surface area contributed by atoms with E-state index in [2.05, 4.69) is 5.32 Å². The number of nitrogens with one attached hydrogen (secondary N) is 1. The van der Waals surface area contributed by atoms with Crippen LogP contribution in [0.5, 0.6) is 0 Å². The zero-order valence-electron chi connectivity index (χ0n) is 11.0. The minimum Gasteiger partial charge on any atom is -0.480 e. The van der Waals surface area contributed by atoms with Gasteiger partial charge in [-0.3, -0.25) is 9.69 Å². The van der Waals surface area contributed by atoms with E-state index in [1.165, 1.54) is 12.0 Å². The average Bonchev–Trinajstić information content (AvgIpc) is 2.37. The molecular weight excluding hydrogens is 248 g/mol. The minimum absolute atomic E-state index is 0.331. The Balaban J connectivity index is 2.79. The van der Waals surface area contributed by atoms with Crippen LogP contribution in [-0.4, -0.2) is 43.9 Å². The first-order valence-electron chi connectivity index (χ1n) is 5.87. The number of carboxylic acid groups (broad SMARTS) is 1. The fourth-order valence-electron chi connectivity index (χ4n) is 1.50. The number of amides is 2. The van der Waals surface area contributed by atoms with Crippen LogP contribution in [-0.2, 0) is 9.53 Å². The Hall–Kier alpha value is -2.08. The summed E-state index contributed by atoms with van der Waals surface area (Å²) in [6, 6.07) is 6.63. The van der Waals surface area contributed by atoms with Crippen molar-refractivity contribution in [3.8, 4) is 0 Å². The lowest BCUT2D eigenvalue weighted by Gasteiger charge is -2.21. The van der Waals surface area contributed by atoms with Crippen molar-refractivity contribution >= 4 is 17.7 Å². The molecular formula is C13H18N2O4. The van der Waals surface area contributed by atoms with Crippen LogP contribution in [0.25, 0.3) is 0 Å². The summed E-state index contributed by atoms with van der Waals surface area (Å²) in [4.78, 5) is 24.0. The summed E-state index contributed by atoms with van der Waals surface area (Å²) >= 11 is 0. The molecule has 0 bridgehead atoms. The van der Waals surface area contributed by atoms with E-state index in [0.29, 0.717) is 18.8 Å². The molecule has 0 saturated carbocycles. The smallest absolute Gasteiger partial charge is 0.323 e. The Bertz CT molecular complexity index is 431. The van der Waals surface area contributed by atoms with Crippen LogP contribution in [0.2, 0.25) is 0 Å². The maximum absolute atomic E-state index is 11.9. The quantitative estimate of drug-likeness (QED) is 0.759. The zero-order valence-corrected chi connectivity index (χ0v) is 11.0. The summed E-state index contributed by atoms with van der Waals surface area (Å²) in [6.07, 6.45) is 0. The molecule has 0 unspecified atom stereocenters. The molecule has 0 aromatic heterocycles. The highest BCUT2D eigenvalue weighted by molar-refractivity contribution is 5.96. The van der Waals surface area contributed by atoms with Crippen LogP contribution in [0, 0.1) is 6.92 Å². The number of carbonyl (C=O) groups is 2. The Labute approximate surface area is 112 Å². The second-order valence-corrected chi connectivity index (χ2v) is 4.04. The number of hydrogen-bond donors (Lipinski definition) is 2. The first-order valence-corrected chi connectivity index (χ1v) is 5.87. The van der Waals surface area contributed by atoms with E-state index in [4.69, 9.17) is 9.84 Å². The highest BCUT2D eigenvalue weighted by Gasteiger charge is 2.18. The number of aliphatic carboxylic acids is 1. The van der Waals surface area contributed by atoms with E-state index in [9.17, 15) is 9.59 Å². The predicted molar refractivity (Wildman–Crippen MR) is 71.4 cm³/mol. The molecule has 1 aromatic rings. The highest BCUT2D eigenvalue weighted by Crippen LogP contribution is 2.15. The standard InChI is InChI=1S/C13H18N2O4/c1-10-3-5-11(6-4-10)15(9-12(16)17)13(18)14-7-8-19-2/h3-6H,7-9H2,1-2H3,(H,14,18)(H,16,17). The van der Waals surface area contributed by atoms with Gasteiger partial charge in [-0.1, -0.05) is 17.7 Å². The maximum atomic E-state index is 11.9. The number of aryl methyl sites for hydroxylation is 1. The highest BCUT2D eigenvalue weighted by atomic mass is 16.5. The number of rotatable bonds is 6. The number of urea groups is 1. The van der Waals surface area contributed by atoms with Gasteiger partial charge in [-0.05, 0) is 19.1 Å². The average molecular weight is 266 g/mol. The normalized spacial score (nSPS) is 10.0. The summed E-state index contributed by atoms with van der Waals surface area (Å²) in [7, 11) is 1.53. The van der Waals surface area contributed by atoms with Gasteiger partial charge in [0.05, 0.1) is 6.61 Å². The van der Waals surface area contributed by atoms with Gasteiger partial charge in [0.2, 0.25) is 0 Å². The summed E-state index contributed by atoms with van der Waals surface area (Å²) in [5.41, 5.74) is 1.58. The van der Waals surface area contributed by atoms with Crippen molar-refractivity contribution in [3.05, 3.63) is 29.8 Å². The van der Waals surface area contributed by atoms with E-state index in [1.807, 2.05) is 19.1 Å². The van der Waals surface area contributed by atoms with Gasteiger partial charge in [0.1, 0.15) is 6.54 Å². The van der Waals surface area contributed by atoms with Gasteiger partial charge in [0.15, 0.2) is 0 Å². The van der Waals surface area contributed by atoms with Crippen LogP contribution in [0.3, 0.4) is 0 Å². The molecule has 0 aliphatic rings. The lowest BCUT2D eigenvalue weighted by Crippen LogP contribution is -2.44. The summed E-state index contributed by atoms with van der Waals surface area (Å²) < 4.78 is 4.82. The fraction of sp³-hybridized carbons (Fsp3) is 0.385. The van der Waals surface area contributed by atoms with Crippen molar-refractivity contribution in [2.75, 3.05) is 31.7 Å². The van der Waals surface area contributed by atoms with Gasteiger partial charge < -0.3 is 15.2 Å². The number of nitrogens with zero attached hydrogens (tertiary/aromatic N) is 1. The second-order valence-electron chi connectivity index (χ2n) is 4.04. The monoisotopic (exact) mass is 266 g/mol. The van der Waals surface area contributed by atoms with Crippen molar-refractivity contribution < 1.29 is 19.4 Å². The van der Waals surface area contributed by atoms with Gasteiger partial charge in [0.25, 0.3) is 0 Å². The van der Waals surface area contributed by atoms with Gasteiger partial charge in [-0.2, -0.15) is 0 Å². The second kappa shape index (κ2) is 7.38. The van der Waals surface area contributed by atoms with E-state index < -0.39 is 12.0 Å². The van der Waals surface area contributed by atoms with E-state index in [1.54, 1.807) is 12.1 Å². The third-order valence-electron chi connectivity index (χ3n) is 2.47. The molecule has 0 aliphatic carbocycles. The molecule has 6 nitrogen and oxygen atoms in total. The van der Waals surface area contributed by atoms with Gasteiger partial charge in [-0.15, -0.1) is 0 Å². The van der Waals surface area contributed by atoms with Crippen molar-refractivity contribution in [1.29, 1.82) is 0 Å². The maximum Gasteiger partial charge on any atom is 0.323 e. The first kappa shape index (κ1) is 15.0. The molecule has 19 heavy (non-hydrogen) atoms. The first-order chi connectivity index (χ1) is 9.04. The lowest BCUT2D eigenvalue weighted by atomic mass is 10.2. The summed E-state index contributed by atoms with van der Waals surface area (Å²) in [6.45, 7) is 2.24. The number of carboxylic acids is 1. The van der Waals surface area contributed by atoms with E-state index in [-0.39, 0.29) is 6.54 Å². The molecule has 0 saturated heterocycles. The third kappa shape index (κ3) is 4.97. The van der Waals surface area contributed by atoms with E-state index in [0.717, 1.165) is 5.56 Å². The topological polar surface area (TPSA) is 78.9 Å². The van der Waals surface area contributed by atoms with Gasteiger partial charge in [0, 0.05) is 19.3 Å². The van der Waals surface area contributed by atoms with Crippen molar-refractivity contribution in [1.82, 2.24) is 5.32 Å². The van der Waals surface area contributed by atoms with Crippen LogP contribution in [0.15, 0.2) is 24.3 Å². The number of carbonyl (C=O) groups excluding carboxylic acids is 1. The van der Waals surface area contributed by atoms with Crippen LogP contribution >= 0.6 is 0 Å². The Kier molecular flexibility index (Phi) is 5.81. The zero-order chi connectivity index (χ0) is 14.3. The fourth-order valence-corrected chi connectivity index (χ4v) is 1.50. The molecule has 2 N–H and O–H groups in total. The largest absolute Gasteiger partial charge is 0.480 e. The molecule has 0 spiro atoms. The van der Waals surface area contributed by atoms with E-state index >= 15 is 0 Å². The summed E-state index contributed by atoms with van der Waals surface area (Å²) in [5, 5.41) is 11.5. The van der Waals surface area contributed by atoms with Crippen molar-refractivity contribution in [2.45, 2.75) is 6.92 Å². The molecule has 0 aliphatic heterocycles. The number of benzene rings is 1. The lowest BCUT2D eigenvalue weighted by molar-refractivity contribution is -0.135. The molecule has 1 aromatic carbocycles. The van der Waals surface area contributed by atoms with Crippen LogP contribution in [0.1, 0.15) is 5.56 Å². The number of methoxy groups -OCH3 is 1. The number of ether oxygens (including phenoxy) is 1. The Morgan fingerprint density at radius 1 is 1.32 bits per heavy atom. The molecule has 0 radical (unpaired) electrons. The molecule has 2 amide bonds. The molecule has 0 heterocycles. The molecule has 6 heteroatoms. The molecule has 0 fully saturated rings. The van der Waals surface area contributed by atoms with Crippen molar-refractivity contribution in [2.24, 2.45) is 0 Å². The van der Waals surface area contributed by atoms with Crippen LogP contribution < -0.4 is 10.2 Å². The third-order valence-corrected chi connectivity index (χ3v) is 2.47. The number of anilines is 1. The Morgan fingerprint density at radius 3 is 2.47 bits per heavy atom. The van der Waals surface area contributed by atoms with Gasteiger partial charge >= 0.3 is 12.0 Å². The van der Waals surface area contributed by atoms with Crippen molar-refractivity contribution in [3.63, 3.8) is 0 Å². The van der Waals surface area contributed by atoms with Crippen LogP contribution in [0.4, 0.5) is 10.5 Å². The number of hydrogen-bond acceptors (Lipinski definition) is 3. The molecule has 0 atom stereocenters. The SMILES string of the molecule is COCCNC(=O)N(CC(=O)O)c1ccc(C)cc1.